The van der Waals surface area contributed by atoms with Gasteiger partial charge in [0.05, 0.1) is 5.69 Å². The smallest absolute Gasteiger partial charge is 0.331 e. The highest BCUT2D eigenvalue weighted by molar-refractivity contribution is 5.89. The third-order valence-electron chi connectivity index (χ3n) is 3.94. The predicted octanol–water partition coefficient (Wildman–Crippen LogP) is 3.64. The molecule has 6 heteroatoms. The molecule has 152 valence electrons. The summed E-state index contributed by atoms with van der Waals surface area (Å²) < 4.78 is 10.7. The maximum Gasteiger partial charge on any atom is 0.331 e. The van der Waals surface area contributed by atoms with E-state index in [9.17, 15) is 9.59 Å². The van der Waals surface area contributed by atoms with Crippen LogP contribution >= 0.6 is 0 Å². The Hall–Kier alpha value is -3.41. The molecule has 0 spiro atoms. The SMILES string of the molecule is C=C(C)CN(CC)C(=O)COC(=O)/C=C/c1ccc(OCc2ccccn2)cc1. The fraction of sp³-hybridized carbons (Fsp3) is 0.261. The first kappa shape index (κ1) is 21.9. The van der Waals surface area contributed by atoms with E-state index in [1.807, 2.05) is 56.3 Å². The second kappa shape index (κ2) is 11.4. The van der Waals surface area contributed by atoms with Crippen molar-refractivity contribution in [3.8, 4) is 5.75 Å². The average Bonchev–Trinajstić information content (AvgIpc) is 2.74. The molecular weight excluding hydrogens is 368 g/mol. The molecule has 1 heterocycles. The molecule has 0 saturated carbocycles. The molecule has 0 bridgehead atoms. The van der Waals surface area contributed by atoms with Crippen molar-refractivity contribution in [2.24, 2.45) is 0 Å². The number of aromatic nitrogens is 1. The molecule has 0 saturated heterocycles. The van der Waals surface area contributed by atoms with Crippen molar-refractivity contribution < 1.29 is 19.1 Å². The van der Waals surface area contributed by atoms with E-state index in [2.05, 4.69) is 11.6 Å². The third kappa shape index (κ3) is 8.01. The largest absolute Gasteiger partial charge is 0.487 e. The number of amides is 1. The number of hydrogen-bond acceptors (Lipinski definition) is 5. The predicted molar refractivity (Wildman–Crippen MR) is 112 cm³/mol. The molecule has 2 rings (SSSR count). The van der Waals surface area contributed by atoms with E-state index in [-0.39, 0.29) is 12.5 Å². The van der Waals surface area contributed by atoms with Crippen LogP contribution in [-0.2, 0) is 20.9 Å². The van der Waals surface area contributed by atoms with Crippen LogP contribution in [0.3, 0.4) is 0 Å². The summed E-state index contributed by atoms with van der Waals surface area (Å²) in [5, 5.41) is 0. The van der Waals surface area contributed by atoms with Gasteiger partial charge in [0, 0.05) is 25.4 Å². The van der Waals surface area contributed by atoms with Gasteiger partial charge in [0.15, 0.2) is 6.61 Å². The van der Waals surface area contributed by atoms with E-state index in [1.54, 1.807) is 17.2 Å². The van der Waals surface area contributed by atoms with Crippen LogP contribution in [0.1, 0.15) is 25.1 Å². The van der Waals surface area contributed by atoms with Gasteiger partial charge in [0.25, 0.3) is 5.91 Å². The second-order valence-electron chi connectivity index (χ2n) is 6.48. The van der Waals surface area contributed by atoms with Gasteiger partial charge in [0.1, 0.15) is 12.4 Å². The molecule has 1 aromatic heterocycles. The number of hydrogen-bond donors (Lipinski definition) is 0. The number of pyridine rings is 1. The van der Waals surface area contributed by atoms with Crippen LogP contribution in [0.5, 0.6) is 5.75 Å². The molecule has 0 aliphatic carbocycles. The van der Waals surface area contributed by atoms with Gasteiger partial charge in [-0.2, -0.15) is 0 Å². The monoisotopic (exact) mass is 394 g/mol. The lowest BCUT2D eigenvalue weighted by Gasteiger charge is -2.20. The molecule has 1 aromatic carbocycles. The Morgan fingerprint density at radius 2 is 1.93 bits per heavy atom. The Labute approximate surface area is 171 Å². The molecular formula is C23H26N2O4. The van der Waals surface area contributed by atoms with Crippen LogP contribution in [0.25, 0.3) is 6.08 Å². The first-order valence-electron chi connectivity index (χ1n) is 9.37. The third-order valence-corrected chi connectivity index (χ3v) is 3.94. The van der Waals surface area contributed by atoms with Crippen molar-refractivity contribution in [2.75, 3.05) is 19.7 Å². The Balaban J connectivity index is 1.79. The molecule has 0 N–H and O–H groups in total. The first-order chi connectivity index (χ1) is 14.0. The van der Waals surface area contributed by atoms with Crippen molar-refractivity contribution >= 4 is 18.0 Å². The van der Waals surface area contributed by atoms with Gasteiger partial charge in [-0.3, -0.25) is 9.78 Å². The fourth-order valence-corrected chi connectivity index (χ4v) is 2.45. The molecule has 0 aliphatic heterocycles. The number of likely N-dealkylation sites (N-methyl/N-ethyl adjacent to an activating group) is 1. The molecule has 6 nitrogen and oxygen atoms in total. The molecule has 29 heavy (non-hydrogen) atoms. The zero-order chi connectivity index (χ0) is 21.1. The van der Waals surface area contributed by atoms with Crippen LogP contribution in [0.2, 0.25) is 0 Å². The standard InChI is InChI=1S/C23H26N2O4/c1-4-25(15-18(2)3)22(26)17-29-23(27)13-10-19-8-11-21(12-9-19)28-16-20-7-5-6-14-24-20/h5-14H,2,4,15-17H2,1,3H3/b13-10+. The number of esters is 1. The van der Waals surface area contributed by atoms with Gasteiger partial charge in [-0.25, -0.2) is 4.79 Å². The summed E-state index contributed by atoms with van der Waals surface area (Å²) in [7, 11) is 0. The number of carbonyl (C=O) groups excluding carboxylic acids is 2. The quantitative estimate of drug-likeness (QED) is 0.350. The van der Waals surface area contributed by atoms with Gasteiger partial charge in [-0.15, -0.1) is 0 Å². The highest BCUT2D eigenvalue weighted by Crippen LogP contribution is 2.14. The van der Waals surface area contributed by atoms with Crippen molar-refractivity contribution in [1.82, 2.24) is 9.88 Å². The minimum atomic E-state index is -0.569. The maximum atomic E-state index is 12.1. The highest BCUT2D eigenvalue weighted by atomic mass is 16.5. The van der Waals surface area contributed by atoms with Crippen LogP contribution in [0, 0.1) is 0 Å². The van der Waals surface area contributed by atoms with E-state index in [0.717, 1.165) is 16.8 Å². The summed E-state index contributed by atoms with van der Waals surface area (Å²) in [6, 6.07) is 12.9. The Morgan fingerprint density at radius 1 is 1.17 bits per heavy atom. The average molecular weight is 394 g/mol. The van der Waals surface area contributed by atoms with E-state index in [0.29, 0.717) is 25.4 Å². The molecule has 0 fully saturated rings. The molecule has 1 amide bonds. The number of carbonyl (C=O) groups is 2. The highest BCUT2D eigenvalue weighted by Gasteiger charge is 2.13. The minimum Gasteiger partial charge on any atom is -0.487 e. The van der Waals surface area contributed by atoms with E-state index in [1.165, 1.54) is 6.08 Å². The van der Waals surface area contributed by atoms with Crippen LogP contribution < -0.4 is 4.74 Å². The van der Waals surface area contributed by atoms with Gasteiger partial charge >= 0.3 is 5.97 Å². The number of nitrogens with zero attached hydrogens (tertiary/aromatic N) is 2. The van der Waals surface area contributed by atoms with Crippen LogP contribution in [-0.4, -0.2) is 41.5 Å². The molecule has 0 unspecified atom stereocenters. The van der Waals surface area contributed by atoms with Gasteiger partial charge in [-0.1, -0.05) is 30.4 Å². The topological polar surface area (TPSA) is 68.7 Å². The van der Waals surface area contributed by atoms with Crippen molar-refractivity contribution in [3.63, 3.8) is 0 Å². The van der Waals surface area contributed by atoms with E-state index in [4.69, 9.17) is 9.47 Å². The second-order valence-corrected chi connectivity index (χ2v) is 6.48. The lowest BCUT2D eigenvalue weighted by atomic mass is 10.2. The van der Waals surface area contributed by atoms with E-state index >= 15 is 0 Å². The maximum absolute atomic E-state index is 12.1. The lowest BCUT2D eigenvalue weighted by molar-refractivity contribution is -0.147. The number of rotatable bonds is 10. The number of benzene rings is 1. The minimum absolute atomic E-state index is 0.244. The Bertz CT molecular complexity index is 845. The lowest BCUT2D eigenvalue weighted by Crippen LogP contribution is -2.35. The van der Waals surface area contributed by atoms with Crippen molar-refractivity contribution in [1.29, 1.82) is 0 Å². The van der Waals surface area contributed by atoms with Gasteiger partial charge in [0.2, 0.25) is 0 Å². The van der Waals surface area contributed by atoms with Gasteiger partial charge < -0.3 is 14.4 Å². The molecule has 0 radical (unpaired) electrons. The van der Waals surface area contributed by atoms with Crippen LogP contribution in [0.4, 0.5) is 0 Å². The van der Waals surface area contributed by atoms with Crippen LogP contribution in [0.15, 0.2) is 66.9 Å². The molecule has 0 atom stereocenters. The Kier molecular flexibility index (Phi) is 8.63. The summed E-state index contributed by atoms with van der Waals surface area (Å²) in [5.41, 5.74) is 2.54. The summed E-state index contributed by atoms with van der Waals surface area (Å²) in [6.45, 7) is 8.60. The first-order valence-corrected chi connectivity index (χ1v) is 9.37. The van der Waals surface area contributed by atoms with Gasteiger partial charge in [-0.05, 0) is 49.8 Å². The number of ether oxygens (including phenoxy) is 2. The fourth-order valence-electron chi connectivity index (χ4n) is 2.45. The summed E-state index contributed by atoms with van der Waals surface area (Å²) in [6.07, 6.45) is 4.65. The normalized spacial score (nSPS) is 10.6. The van der Waals surface area contributed by atoms with Crippen molar-refractivity contribution in [3.05, 3.63) is 78.1 Å². The zero-order valence-corrected chi connectivity index (χ0v) is 16.8. The summed E-state index contributed by atoms with van der Waals surface area (Å²) in [4.78, 5) is 29.7. The molecule has 0 aliphatic rings. The van der Waals surface area contributed by atoms with Crippen molar-refractivity contribution in [2.45, 2.75) is 20.5 Å². The molecule has 2 aromatic rings. The Morgan fingerprint density at radius 3 is 2.55 bits per heavy atom. The summed E-state index contributed by atoms with van der Waals surface area (Å²) in [5.74, 6) is -0.106. The van der Waals surface area contributed by atoms with E-state index < -0.39 is 5.97 Å². The zero-order valence-electron chi connectivity index (χ0n) is 16.8. The summed E-state index contributed by atoms with van der Waals surface area (Å²) >= 11 is 0.